The summed E-state index contributed by atoms with van der Waals surface area (Å²) in [5, 5.41) is 4.26. The molecular weight excluding hydrogens is 224 g/mol. The zero-order valence-electron chi connectivity index (χ0n) is 11.8. The highest BCUT2D eigenvalue weighted by molar-refractivity contribution is 5.11. The Morgan fingerprint density at radius 3 is 2.50 bits per heavy atom. The Morgan fingerprint density at radius 1 is 1.39 bits per heavy atom. The van der Waals surface area contributed by atoms with Gasteiger partial charge in [-0.3, -0.25) is 9.58 Å². The number of nitrogens with zero attached hydrogens (tertiary/aromatic N) is 3. The second-order valence-corrected chi connectivity index (χ2v) is 5.82. The lowest BCUT2D eigenvalue weighted by atomic mass is 9.86. The van der Waals surface area contributed by atoms with Crippen LogP contribution in [-0.4, -0.2) is 34.3 Å². The maximum Gasteiger partial charge on any atom is 0.0538 e. The van der Waals surface area contributed by atoms with Crippen molar-refractivity contribution in [1.29, 1.82) is 0 Å². The average molecular weight is 250 g/mol. The van der Waals surface area contributed by atoms with E-state index in [0.717, 1.165) is 11.8 Å². The van der Waals surface area contributed by atoms with Gasteiger partial charge in [0.15, 0.2) is 0 Å². The van der Waals surface area contributed by atoms with E-state index in [1.807, 2.05) is 17.9 Å². The maximum absolute atomic E-state index is 5.96. The number of piperidine rings is 1. The van der Waals surface area contributed by atoms with E-state index in [-0.39, 0.29) is 0 Å². The predicted molar refractivity (Wildman–Crippen MR) is 74.1 cm³/mol. The van der Waals surface area contributed by atoms with Gasteiger partial charge in [-0.05, 0) is 37.8 Å². The summed E-state index contributed by atoms with van der Waals surface area (Å²) >= 11 is 0. The number of rotatable bonds is 4. The van der Waals surface area contributed by atoms with Gasteiger partial charge in [-0.1, -0.05) is 13.8 Å². The summed E-state index contributed by atoms with van der Waals surface area (Å²) in [6, 6.07) is 0.340. The molecule has 1 aliphatic heterocycles. The highest BCUT2D eigenvalue weighted by Gasteiger charge is 2.27. The van der Waals surface area contributed by atoms with Crippen molar-refractivity contribution in [2.24, 2.45) is 24.6 Å². The minimum absolute atomic E-state index is 0.340. The molecule has 4 nitrogen and oxygen atoms in total. The van der Waals surface area contributed by atoms with Crippen molar-refractivity contribution in [3.05, 3.63) is 18.0 Å². The zero-order chi connectivity index (χ0) is 13.1. The molecule has 18 heavy (non-hydrogen) atoms. The number of aryl methyl sites for hydroxylation is 1. The summed E-state index contributed by atoms with van der Waals surface area (Å²) in [7, 11) is 1.96. The molecule has 1 fully saturated rings. The van der Waals surface area contributed by atoms with Crippen LogP contribution in [0.3, 0.4) is 0 Å². The Labute approximate surface area is 110 Å². The van der Waals surface area contributed by atoms with Gasteiger partial charge in [0.05, 0.1) is 12.2 Å². The third-order valence-corrected chi connectivity index (χ3v) is 4.29. The minimum Gasteiger partial charge on any atom is -0.329 e. The molecule has 0 saturated carbocycles. The normalized spacial score (nSPS) is 20.5. The van der Waals surface area contributed by atoms with Gasteiger partial charge >= 0.3 is 0 Å². The van der Waals surface area contributed by atoms with E-state index >= 15 is 0 Å². The molecular formula is C14H26N4. The number of likely N-dealkylation sites (tertiary alicyclic amines) is 1. The molecule has 0 aromatic carbocycles. The average Bonchev–Trinajstić information content (AvgIpc) is 2.77. The lowest BCUT2D eigenvalue weighted by molar-refractivity contribution is 0.117. The monoisotopic (exact) mass is 250 g/mol. The maximum atomic E-state index is 5.96. The molecule has 1 aromatic heterocycles. The van der Waals surface area contributed by atoms with E-state index in [0.29, 0.717) is 12.6 Å². The van der Waals surface area contributed by atoms with Crippen LogP contribution in [0.4, 0.5) is 0 Å². The van der Waals surface area contributed by atoms with Crippen molar-refractivity contribution in [2.75, 3.05) is 19.6 Å². The second-order valence-electron chi connectivity index (χ2n) is 5.82. The van der Waals surface area contributed by atoms with Crippen molar-refractivity contribution in [1.82, 2.24) is 14.7 Å². The molecule has 1 atom stereocenters. The summed E-state index contributed by atoms with van der Waals surface area (Å²) in [4.78, 5) is 2.52. The predicted octanol–water partition coefficient (Wildman–Crippen LogP) is 1.79. The fourth-order valence-electron chi connectivity index (χ4n) is 3.01. The number of nitrogens with two attached hydrogens (primary N) is 1. The van der Waals surface area contributed by atoms with Crippen LogP contribution in [-0.2, 0) is 7.05 Å². The van der Waals surface area contributed by atoms with Crippen molar-refractivity contribution < 1.29 is 0 Å². The van der Waals surface area contributed by atoms with Crippen LogP contribution >= 0.6 is 0 Å². The SMILES string of the molecule is CC(C)C1CCN(C(CN)c2cnn(C)c2)CC1. The highest BCUT2D eigenvalue weighted by atomic mass is 15.3. The molecule has 2 N–H and O–H groups in total. The molecule has 1 unspecified atom stereocenters. The summed E-state index contributed by atoms with van der Waals surface area (Å²) < 4.78 is 1.86. The van der Waals surface area contributed by atoms with E-state index in [4.69, 9.17) is 5.73 Å². The molecule has 0 spiro atoms. The Morgan fingerprint density at radius 2 is 2.06 bits per heavy atom. The summed E-state index contributed by atoms with van der Waals surface area (Å²) in [6.45, 7) is 7.68. The van der Waals surface area contributed by atoms with Gasteiger partial charge in [0.25, 0.3) is 0 Å². The van der Waals surface area contributed by atoms with Crippen molar-refractivity contribution in [3.8, 4) is 0 Å². The van der Waals surface area contributed by atoms with Gasteiger partial charge in [0.2, 0.25) is 0 Å². The van der Waals surface area contributed by atoms with Gasteiger partial charge in [-0.15, -0.1) is 0 Å². The molecule has 0 amide bonds. The van der Waals surface area contributed by atoms with E-state index in [1.54, 1.807) is 0 Å². The molecule has 2 rings (SSSR count). The Hall–Kier alpha value is -0.870. The molecule has 0 aliphatic carbocycles. The van der Waals surface area contributed by atoms with Crippen molar-refractivity contribution in [3.63, 3.8) is 0 Å². The standard InChI is InChI=1S/C14H26N4/c1-11(2)12-4-6-18(7-5-12)14(8-15)13-9-16-17(3)10-13/h9-12,14H,4-8,15H2,1-3H3. The molecule has 102 valence electrons. The largest absolute Gasteiger partial charge is 0.329 e. The third kappa shape index (κ3) is 2.93. The third-order valence-electron chi connectivity index (χ3n) is 4.29. The fraction of sp³-hybridized carbons (Fsp3) is 0.786. The van der Waals surface area contributed by atoms with Crippen molar-refractivity contribution >= 4 is 0 Å². The quantitative estimate of drug-likeness (QED) is 0.886. The zero-order valence-corrected chi connectivity index (χ0v) is 11.8. The molecule has 1 aliphatic rings. The first kappa shape index (κ1) is 13.6. The van der Waals surface area contributed by atoms with Gasteiger partial charge in [0, 0.05) is 25.4 Å². The molecule has 2 heterocycles. The molecule has 0 radical (unpaired) electrons. The van der Waals surface area contributed by atoms with Crippen LogP contribution in [0.2, 0.25) is 0 Å². The van der Waals surface area contributed by atoms with Crippen LogP contribution in [0.1, 0.15) is 38.3 Å². The Bertz CT molecular complexity index is 364. The topological polar surface area (TPSA) is 47.1 Å². The first-order valence-electron chi connectivity index (χ1n) is 7.04. The van der Waals surface area contributed by atoms with Gasteiger partial charge in [-0.2, -0.15) is 5.10 Å². The van der Waals surface area contributed by atoms with E-state index in [2.05, 4.69) is 30.0 Å². The number of aromatic nitrogens is 2. The van der Waals surface area contributed by atoms with E-state index < -0.39 is 0 Å². The highest BCUT2D eigenvalue weighted by Crippen LogP contribution is 2.29. The smallest absolute Gasteiger partial charge is 0.0538 e. The lowest BCUT2D eigenvalue weighted by Gasteiger charge is -2.38. The van der Waals surface area contributed by atoms with Crippen LogP contribution < -0.4 is 5.73 Å². The minimum atomic E-state index is 0.340. The lowest BCUT2D eigenvalue weighted by Crippen LogP contribution is -2.40. The Kier molecular flexibility index (Phi) is 4.40. The summed E-state index contributed by atoms with van der Waals surface area (Å²) in [5.41, 5.74) is 7.21. The van der Waals surface area contributed by atoms with Gasteiger partial charge < -0.3 is 5.73 Å². The number of hydrogen-bond donors (Lipinski definition) is 1. The van der Waals surface area contributed by atoms with Crippen LogP contribution in [0.15, 0.2) is 12.4 Å². The van der Waals surface area contributed by atoms with Gasteiger partial charge in [0.1, 0.15) is 0 Å². The molecule has 1 saturated heterocycles. The van der Waals surface area contributed by atoms with E-state index in [9.17, 15) is 0 Å². The van der Waals surface area contributed by atoms with Crippen LogP contribution in [0, 0.1) is 11.8 Å². The van der Waals surface area contributed by atoms with Gasteiger partial charge in [-0.25, -0.2) is 0 Å². The van der Waals surface area contributed by atoms with Crippen molar-refractivity contribution in [2.45, 2.75) is 32.7 Å². The number of hydrogen-bond acceptors (Lipinski definition) is 3. The summed E-state index contributed by atoms with van der Waals surface area (Å²) in [5.74, 6) is 1.69. The van der Waals surface area contributed by atoms with Crippen LogP contribution in [0.25, 0.3) is 0 Å². The van der Waals surface area contributed by atoms with Crippen LogP contribution in [0.5, 0.6) is 0 Å². The Balaban J connectivity index is 1.98. The summed E-state index contributed by atoms with van der Waals surface area (Å²) in [6.07, 6.45) is 6.64. The molecule has 1 aromatic rings. The molecule has 0 bridgehead atoms. The first-order chi connectivity index (χ1) is 8.61. The molecule has 4 heteroatoms. The van der Waals surface area contributed by atoms with E-state index in [1.165, 1.54) is 31.5 Å². The second kappa shape index (κ2) is 5.85. The fourth-order valence-corrected chi connectivity index (χ4v) is 3.01. The first-order valence-corrected chi connectivity index (χ1v) is 7.04.